The molecular weight excluding hydrogens is 136 g/mol. The van der Waals surface area contributed by atoms with Crippen molar-refractivity contribution in [2.24, 2.45) is 0 Å². The monoisotopic (exact) mass is 148 g/mol. The fourth-order valence-corrected chi connectivity index (χ4v) is 1.72. The summed E-state index contributed by atoms with van der Waals surface area (Å²) in [6.07, 6.45) is 4.11. The molecule has 1 aromatic heterocycles. The van der Waals surface area contributed by atoms with Gasteiger partial charge in [-0.05, 0) is 30.4 Å². The second-order valence-electron chi connectivity index (χ2n) is 3.20. The molecule has 0 fully saturated rings. The Hall–Kier alpha value is -1.05. The number of anilines is 1. The average molecular weight is 148 g/mol. The molecular formula is C9H12N2. The Morgan fingerprint density at radius 1 is 1.64 bits per heavy atom. The normalized spacial score (nSPS) is 21.7. The number of fused-ring (bicyclic) bond motifs is 1. The first-order valence-corrected chi connectivity index (χ1v) is 4.02. The molecule has 2 rings (SSSR count). The van der Waals surface area contributed by atoms with E-state index in [4.69, 9.17) is 5.73 Å². The van der Waals surface area contributed by atoms with Crippen LogP contribution in [0.3, 0.4) is 0 Å². The van der Waals surface area contributed by atoms with Gasteiger partial charge < -0.3 is 5.73 Å². The van der Waals surface area contributed by atoms with Gasteiger partial charge in [-0.25, -0.2) is 0 Å². The van der Waals surface area contributed by atoms with Crippen LogP contribution in [0.15, 0.2) is 12.3 Å². The molecule has 2 N–H and O–H groups in total. The Bertz CT molecular complexity index is 281. The molecule has 1 unspecified atom stereocenters. The number of aromatic nitrogens is 1. The highest BCUT2D eigenvalue weighted by molar-refractivity contribution is 5.50. The second kappa shape index (κ2) is 2.22. The lowest BCUT2D eigenvalue weighted by Crippen LogP contribution is -1.96. The van der Waals surface area contributed by atoms with Gasteiger partial charge in [0.15, 0.2) is 0 Å². The molecule has 0 saturated heterocycles. The van der Waals surface area contributed by atoms with Gasteiger partial charge in [-0.1, -0.05) is 6.92 Å². The molecule has 1 aliphatic carbocycles. The standard InChI is InChI=1S/C9H12N2/c1-6-2-3-7-8(10)4-5-11-9(6)7/h4-6H,2-3H2,1H3,(H2,10,11). The van der Waals surface area contributed by atoms with Crippen molar-refractivity contribution in [1.82, 2.24) is 4.98 Å². The van der Waals surface area contributed by atoms with E-state index in [1.807, 2.05) is 6.07 Å². The van der Waals surface area contributed by atoms with E-state index < -0.39 is 0 Å². The Labute approximate surface area is 66.4 Å². The molecule has 0 spiro atoms. The van der Waals surface area contributed by atoms with E-state index in [2.05, 4.69) is 11.9 Å². The van der Waals surface area contributed by atoms with Crippen LogP contribution in [0.25, 0.3) is 0 Å². The highest BCUT2D eigenvalue weighted by Crippen LogP contribution is 2.33. The lowest BCUT2D eigenvalue weighted by molar-refractivity contribution is 0.731. The second-order valence-corrected chi connectivity index (χ2v) is 3.20. The van der Waals surface area contributed by atoms with Crippen molar-refractivity contribution in [3.63, 3.8) is 0 Å². The SMILES string of the molecule is CC1CCc2c(N)ccnc21. The molecule has 0 amide bonds. The van der Waals surface area contributed by atoms with E-state index in [0.29, 0.717) is 5.92 Å². The van der Waals surface area contributed by atoms with Crippen LogP contribution in [0, 0.1) is 0 Å². The van der Waals surface area contributed by atoms with E-state index in [0.717, 1.165) is 12.1 Å². The van der Waals surface area contributed by atoms with E-state index >= 15 is 0 Å². The molecule has 0 radical (unpaired) electrons. The van der Waals surface area contributed by atoms with Crippen molar-refractivity contribution in [1.29, 1.82) is 0 Å². The van der Waals surface area contributed by atoms with Gasteiger partial charge in [0.25, 0.3) is 0 Å². The van der Waals surface area contributed by atoms with Crippen LogP contribution in [0.1, 0.15) is 30.5 Å². The lowest BCUT2D eigenvalue weighted by Gasteiger charge is -2.03. The highest BCUT2D eigenvalue weighted by Gasteiger charge is 2.20. The van der Waals surface area contributed by atoms with E-state index in [1.54, 1.807) is 6.20 Å². The van der Waals surface area contributed by atoms with Crippen molar-refractivity contribution in [2.45, 2.75) is 25.7 Å². The minimum Gasteiger partial charge on any atom is -0.398 e. The molecule has 0 bridgehead atoms. The molecule has 11 heavy (non-hydrogen) atoms. The zero-order chi connectivity index (χ0) is 7.84. The molecule has 0 saturated carbocycles. The third kappa shape index (κ3) is 0.897. The summed E-state index contributed by atoms with van der Waals surface area (Å²) in [4.78, 5) is 4.32. The summed E-state index contributed by atoms with van der Waals surface area (Å²) < 4.78 is 0. The van der Waals surface area contributed by atoms with Gasteiger partial charge in [0.1, 0.15) is 0 Å². The molecule has 2 nitrogen and oxygen atoms in total. The van der Waals surface area contributed by atoms with Crippen LogP contribution in [0.5, 0.6) is 0 Å². The van der Waals surface area contributed by atoms with E-state index in [9.17, 15) is 0 Å². The fourth-order valence-electron chi connectivity index (χ4n) is 1.72. The van der Waals surface area contributed by atoms with Crippen molar-refractivity contribution >= 4 is 5.69 Å². The van der Waals surface area contributed by atoms with Gasteiger partial charge in [0, 0.05) is 17.6 Å². The number of hydrogen-bond donors (Lipinski definition) is 1. The van der Waals surface area contributed by atoms with E-state index in [1.165, 1.54) is 17.7 Å². The van der Waals surface area contributed by atoms with Crippen LogP contribution >= 0.6 is 0 Å². The summed E-state index contributed by atoms with van der Waals surface area (Å²) in [6, 6.07) is 1.89. The Morgan fingerprint density at radius 3 is 3.18 bits per heavy atom. The first-order valence-electron chi connectivity index (χ1n) is 4.02. The fraction of sp³-hybridized carbons (Fsp3) is 0.444. The summed E-state index contributed by atoms with van der Waals surface area (Å²) in [5, 5.41) is 0. The van der Waals surface area contributed by atoms with Gasteiger partial charge >= 0.3 is 0 Å². The maximum atomic E-state index is 5.79. The quantitative estimate of drug-likeness (QED) is 0.608. The molecule has 1 aromatic rings. The van der Waals surface area contributed by atoms with Gasteiger partial charge in [0.2, 0.25) is 0 Å². The zero-order valence-electron chi connectivity index (χ0n) is 6.67. The van der Waals surface area contributed by atoms with Crippen molar-refractivity contribution in [3.05, 3.63) is 23.5 Å². The smallest absolute Gasteiger partial charge is 0.0484 e. The van der Waals surface area contributed by atoms with Crippen LogP contribution in [0.4, 0.5) is 5.69 Å². The summed E-state index contributed by atoms with van der Waals surface area (Å²) in [6.45, 7) is 2.21. The van der Waals surface area contributed by atoms with Gasteiger partial charge in [-0.2, -0.15) is 0 Å². The third-order valence-electron chi connectivity index (χ3n) is 2.42. The zero-order valence-corrected chi connectivity index (χ0v) is 6.67. The maximum absolute atomic E-state index is 5.79. The van der Waals surface area contributed by atoms with Gasteiger partial charge in [-0.15, -0.1) is 0 Å². The molecule has 0 aliphatic heterocycles. The summed E-state index contributed by atoms with van der Waals surface area (Å²) in [5.41, 5.74) is 9.20. The molecule has 1 atom stereocenters. The first-order chi connectivity index (χ1) is 5.29. The Morgan fingerprint density at radius 2 is 2.45 bits per heavy atom. The predicted octanol–water partition coefficient (Wildman–Crippen LogP) is 1.71. The van der Waals surface area contributed by atoms with Gasteiger partial charge in [-0.3, -0.25) is 4.98 Å². The van der Waals surface area contributed by atoms with Crippen LogP contribution in [-0.4, -0.2) is 4.98 Å². The largest absolute Gasteiger partial charge is 0.398 e. The highest BCUT2D eigenvalue weighted by atomic mass is 14.7. The van der Waals surface area contributed by atoms with Crippen molar-refractivity contribution in [3.8, 4) is 0 Å². The number of nitrogens with zero attached hydrogens (tertiary/aromatic N) is 1. The molecule has 1 heterocycles. The minimum atomic E-state index is 0.605. The molecule has 1 aliphatic rings. The third-order valence-corrected chi connectivity index (χ3v) is 2.42. The number of nitrogen functional groups attached to an aromatic ring is 1. The van der Waals surface area contributed by atoms with Crippen LogP contribution in [0.2, 0.25) is 0 Å². The van der Waals surface area contributed by atoms with Crippen molar-refractivity contribution in [2.75, 3.05) is 5.73 Å². The maximum Gasteiger partial charge on any atom is 0.0484 e. The summed E-state index contributed by atoms with van der Waals surface area (Å²) >= 11 is 0. The van der Waals surface area contributed by atoms with Crippen LogP contribution in [-0.2, 0) is 6.42 Å². The molecule has 2 heteroatoms. The van der Waals surface area contributed by atoms with Crippen LogP contribution < -0.4 is 5.73 Å². The number of pyridine rings is 1. The number of nitrogens with two attached hydrogens (primary N) is 1. The summed E-state index contributed by atoms with van der Waals surface area (Å²) in [5.74, 6) is 0.605. The number of hydrogen-bond acceptors (Lipinski definition) is 2. The van der Waals surface area contributed by atoms with Gasteiger partial charge in [0.05, 0.1) is 0 Å². The molecule has 58 valence electrons. The average Bonchev–Trinajstić information content (AvgIpc) is 2.35. The number of rotatable bonds is 0. The topological polar surface area (TPSA) is 38.9 Å². The Kier molecular flexibility index (Phi) is 1.34. The first kappa shape index (κ1) is 6.65. The van der Waals surface area contributed by atoms with E-state index in [-0.39, 0.29) is 0 Å². The predicted molar refractivity (Wildman–Crippen MR) is 45.4 cm³/mol. The minimum absolute atomic E-state index is 0.605. The lowest BCUT2D eigenvalue weighted by atomic mass is 10.1. The molecule has 0 aromatic carbocycles. The van der Waals surface area contributed by atoms with Crippen molar-refractivity contribution < 1.29 is 0 Å². The Balaban J connectivity index is 2.57. The summed E-state index contributed by atoms with van der Waals surface area (Å²) in [7, 11) is 0.